The summed E-state index contributed by atoms with van der Waals surface area (Å²) in [6.45, 7) is 2.60. The number of nitrogens with two attached hydrogens (primary N) is 1. The number of fused-ring (bicyclic) bond motifs is 1. The van der Waals surface area contributed by atoms with Crippen molar-refractivity contribution in [2.45, 2.75) is 25.5 Å². The normalized spacial score (nSPS) is 20.9. The molecule has 3 rings (SSSR count). The molecule has 0 aromatic heterocycles. The quantitative estimate of drug-likeness (QED) is 0.931. The van der Waals surface area contributed by atoms with Crippen molar-refractivity contribution in [1.82, 2.24) is 0 Å². The van der Waals surface area contributed by atoms with Gasteiger partial charge in [-0.3, -0.25) is 0 Å². The van der Waals surface area contributed by atoms with E-state index in [-0.39, 0.29) is 12.1 Å². The van der Waals surface area contributed by atoms with Gasteiger partial charge >= 0.3 is 0 Å². The number of hydrogen-bond acceptors (Lipinski definition) is 3. The SMILES string of the molecule is CCc1ccccc1OC1COc2ccccc2C1N. The van der Waals surface area contributed by atoms with E-state index in [4.69, 9.17) is 15.2 Å². The minimum absolute atomic E-state index is 0.155. The lowest BCUT2D eigenvalue weighted by molar-refractivity contribution is 0.0870. The molecule has 1 aliphatic rings. The molecular formula is C17H19NO2. The predicted octanol–water partition coefficient (Wildman–Crippen LogP) is 3.09. The summed E-state index contributed by atoms with van der Waals surface area (Å²) in [7, 11) is 0. The van der Waals surface area contributed by atoms with Crippen LogP contribution in [0.4, 0.5) is 0 Å². The van der Waals surface area contributed by atoms with Gasteiger partial charge < -0.3 is 15.2 Å². The third kappa shape index (κ3) is 2.37. The van der Waals surface area contributed by atoms with Crippen molar-refractivity contribution >= 4 is 0 Å². The van der Waals surface area contributed by atoms with E-state index in [2.05, 4.69) is 13.0 Å². The van der Waals surface area contributed by atoms with Gasteiger partial charge in [0.1, 0.15) is 18.1 Å². The third-order valence-electron chi connectivity index (χ3n) is 3.71. The molecule has 20 heavy (non-hydrogen) atoms. The highest BCUT2D eigenvalue weighted by Crippen LogP contribution is 2.33. The predicted molar refractivity (Wildman–Crippen MR) is 79.1 cm³/mol. The Bertz CT molecular complexity index is 597. The smallest absolute Gasteiger partial charge is 0.152 e. The molecule has 0 saturated carbocycles. The van der Waals surface area contributed by atoms with Crippen LogP contribution in [-0.4, -0.2) is 12.7 Å². The molecule has 3 heteroatoms. The van der Waals surface area contributed by atoms with E-state index in [1.165, 1.54) is 5.56 Å². The molecule has 0 fully saturated rings. The molecule has 104 valence electrons. The van der Waals surface area contributed by atoms with Crippen LogP contribution in [0.5, 0.6) is 11.5 Å². The Morgan fingerprint density at radius 2 is 1.90 bits per heavy atom. The number of para-hydroxylation sites is 2. The van der Waals surface area contributed by atoms with Crippen LogP contribution in [0.1, 0.15) is 24.1 Å². The van der Waals surface area contributed by atoms with Gasteiger partial charge in [-0.1, -0.05) is 43.3 Å². The molecule has 2 unspecified atom stereocenters. The van der Waals surface area contributed by atoms with Gasteiger partial charge in [-0.15, -0.1) is 0 Å². The topological polar surface area (TPSA) is 44.5 Å². The van der Waals surface area contributed by atoms with Gasteiger partial charge in [0.2, 0.25) is 0 Å². The Balaban J connectivity index is 1.83. The van der Waals surface area contributed by atoms with E-state index in [9.17, 15) is 0 Å². The first kappa shape index (κ1) is 13.0. The Morgan fingerprint density at radius 3 is 2.75 bits per heavy atom. The molecule has 2 aromatic carbocycles. The summed E-state index contributed by atoms with van der Waals surface area (Å²) in [6.07, 6.45) is 0.785. The van der Waals surface area contributed by atoms with Crippen LogP contribution >= 0.6 is 0 Å². The summed E-state index contributed by atoms with van der Waals surface area (Å²) in [5, 5.41) is 0. The standard InChI is InChI=1S/C17H19NO2/c1-2-12-7-3-5-9-14(12)20-16-11-19-15-10-6-4-8-13(15)17(16)18/h3-10,16-17H,2,11,18H2,1H3. The third-order valence-corrected chi connectivity index (χ3v) is 3.71. The van der Waals surface area contributed by atoms with E-state index < -0.39 is 0 Å². The average Bonchev–Trinajstić information content (AvgIpc) is 2.51. The lowest BCUT2D eigenvalue weighted by atomic mass is 9.99. The van der Waals surface area contributed by atoms with Crippen LogP contribution in [0, 0.1) is 0 Å². The van der Waals surface area contributed by atoms with Gasteiger partial charge in [0.05, 0.1) is 6.04 Å². The molecule has 1 heterocycles. The minimum Gasteiger partial charge on any atom is -0.489 e. The summed E-state index contributed by atoms with van der Waals surface area (Å²) in [6, 6.07) is 15.8. The molecular weight excluding hydrogens is 250 g/mol. The molecule has 0 bridgehead atoms. The van der Waals surface area contributed by atoms with Crippen molar-refractivity contribution in [3.05, 3.63) is 59.7 Å². The van der Waals surface area contributed by atoms with Crippen LogP contribution < -0.4 is 15.2 Å². The zero-order valence-corrected chi connectivity index (χ0v) is 11.6. The van der Waals surface area contributed by atoms with Crippen molar-refractivity contribution in [2.24, 2.45) is 5.73 Å². The Labute approximate surface area is 119 Å². The fraction of sp³-hybridized carbons (Fsp3) is 0.294. The summed E-state index contributed by atoms with van der Waals surface area (Å²) in [4.78, 5) is 0. The van der Waals surface area contributed by atoms with E-state index in [0.29, 0.717) is 6.61 Å². The number of aryl methyl sites for hydroxylation is 1. The second-order valence-corrected chi connectivity index (χ2v) is 4.99. The van der Waals surface area contributed by atoms with Crippen molar-refractivity contribution in [3.8, 4) is 11.5 Å². The maximum absolute atomic E-state index is 6.32. The van der Waals surface area contributed by atoms with Crippen molar-refractivity contribution in [2.75, 3.05) is 6.61 Å². The Hall–Kier alpha value is -2.00. The number of rotatable bonds is 3. The first-order valence-corrected chi connectivity index (χ1v) is 7.01. The molecule has 0 radical (unpaired) electrons. The van der Waals surface area contributed by atoms with Gasteiger partial charge in [-0.2, -0.15) is 0 Å². The summed E-state index contributed by atoms with van der Waals surface area (Å²) in [5.41, 5.74) is 8.53. The van der Waals surface area contributed by atoms with Crippen LogP contribution in [-0.2, 0) is 6.42 Å². The number of ether oxygens (including phenoxy) is 2. The van der Waals surface area contributed by atoms with Crippen molar-refractivity contribution in [1.29, 1.82) is 0 Å². The second-order valence-electron chi connectivity index (χ2n) is 4.99. The maximum atomic E-state index is 6.32. The lowest BCUT2D eigenvalue weighted by Gasteiger charge is -2.31. The van der Waals surface area contributed by atoms with Gasteiger partial charge in [0.25, 0.3) is 0 Å². The summed E-state index contributed by atoms with van der Waals surface area (Å²) < 4.78 is 11.8. The summed E-state index contributed by atoms with van der Waals surface area (Å²) in [5.74, 6) is 1.77. The zero-order chi connectivity index (χ0) is 13.9. The molecule has 2 atom stereocenters. The second kappa shape index (κ2) is 5.55. The van der Waals surface area contributed by atoms with Crippen molar-refractivity contribution < 1.29 is 9.47 Å². The Morgan fingerprint density at radius 1 is 1.15 bits per heavy atom. The molecule has 0 saturated heterocycles. The van der Waals surface area contributed by atoms with E-state index in [0.717, 1.165) is 23.5 Å². The van der Waals surface area contributed by atoms with Crippen LogP contribution in [0.3, 0.4) is 0 Å². The lowest BCUT2D eigenvalue weighted by Crippen LogP contribution is -2.40. The fourth-order valence-corrected chi connectivity index (χ4v) is 2.54. The molecule has 0 amide bonds. The molecule has 1 aliphatic heterocycles. The molecule has 2 aromatic rings. The number of benzene rings is 2. The maximum Gasteiger partial charge on any atom is 0.152 e. The first-order valence-electron chi connectivity index (χ1n) is 7.01. The van der Waals surface area contributed by atoms with E-state index in [1.807, 2.05) is 42.5 Å². The minimum atomic E-state index is -0.162. The molecule has 0 aliphatic carbocycles. The molecule has 0 spiro atoms. The highest BCUT2D eigenvalue weighted by atomic mass is 16.5. The summed E-state index contributed by atoms with van der Waals surface area (Å²) >= 11 is 0. The molecule has 3 nitrogen and oxygen atoms in total. The van der Waals surface area contributed by atoms with Gasteiger partial charge in [0.15, 0.2) is 6.10 Å². The fourth-order valence-electron chi connectivity index (χ4n) is 2.54. The monoisotopic (exact) mass is 269 g/mol. The van der Waals surface area contributed by atoms with Gasteiger partial charge in [0, 0.05) is 5.56 Å². The van der Waals surface area contributed by atoms with E-state index in [1.54, 1.807) is 0 Å². The number of hydrogen-bond donors (Lipinski definition) is 1. The highest BCUT2D eigenvalue weighted by Gasteiger charge is 2.29. The zero-order valence-electron chi connectivity index (χ0n) is 11.6. The van der Waals surface area contributed by atoms with Gasteiger partial charge in [-0.05, 0) is 24.1 Å². The van der Waals surface area contributed by atoms with Crippen molar-refractivity contribution in [3.63, 3.8) is 0 Å². The highest BCUT2D eigenvalue weighted by molar-refractivity contribution is 5.39. The largest absolute Gasteiger partial charge is 0.489 e. The molecule has 2 N–H and O–H groups in total. The Kier molecular flexibility index (Phi) is 3.61. The van der Waals surface area contributed by atoms with Crippen LogP contribution in [0.15, 0.2) is 48.5 Å². The van der Waals surface area contributed by atoms with Gasteiger partial charge in [-0.25, -0.2) is 0 Å². The van der Waals surface area contributed by atoms with Crippen LogP contribution in [0.25, 0.3) is 0 Å². The first-order chi connectivity index (χ1) is 9.79. The average molecular weight is 269 g/mol. The van der Waals surface area contributed by atoms with E-state index >= 15 is 0 Å². The van der Waals surface area contributed by atoms with Crippen LogP contribution in [0.2, 0.25) is 0 Å².